The number of hydrogen-bond donors (Lipinski definition) is 1. The summed E-state index contributed by atoms with van der Waals surface area (Å²) in [5.74, 6) is -0.402. The number of anilines is 1. The van der Waals surface area contributed by atoms with E-state index in [1.165, 1.54) is 12.0 Å². The van der Waals surface area contributed by atoms with E-state index in [-0.39, 0.29) is 24.2 Å². The van der Waals surface area contributed by atoms with Crippen molar-refractivity contribution in [2.75, 3.05) is 24.2 Å². The maximum atomic E-state index is 13.7. The van der Waals surface area contributed by atoms with Crippen molar-refractivity contribution in [1.82, 2.24) is 10.2 Å². The number of nitrogens with one attached hydrogen (secondary N) is 1. The molecule has 0 aliphatic rings. The summed E-state index contributed by atoms with van der Waals surface area (Å²) in [6.07, 6.45) is 2.18. The molecule has 0 aliphatic carbocycles. The van der Waals surface area contributed by atoms with Gasteiger partial charge in [0.25, 0.3) is 0 Å². The van der Waals surface area contributed by atoms with Crippen LogP contribution in [-0.4, -0.2) is 57.1 Å². The maximum Gasteiger partial charge on any atom is 0.244 e. The normalized spacial score (nSPS) is 13.0. The van der Waals surface area contributed by atoms with Gasteiger partial charge in [-0.05, 0) is 49.9 Å². The highest BCUT2D eigenvalue weighted by atomic mass is 32.2. The van der Waals surface area contributed by atoms with Crippen LogP contribution < -0.4 is 14.4 Å². The molecule has 0 saturated heterocycles. The summed E-state index contributed by atoms with van der Waals surface area (Å²) >= 11 is 0. The number of nitrogens with zero attached hydrogens (tertiary/aromatic N) is 2. The lowest BCUT2D eigenvalue weighted by Crippen LogP contribution is -2.53. The van der Waals surface area contributed by atoms with Gasteiger partial charge in [-0.3, -0.25) is 13.9 Å². The SMILES string of the molecule is CCC(C)NC(=O)C(CC)N(Cc1ccccc1C)C(=O)CN(c1ccccc1OC)S(C)(=O)=O. The number of rotatable bonds is 12. The Labute approximate surface area is 209 Å². The van der Waals surface area contributed by atoms with Crippen LogP contribution in [0.25, 0.3) is 0 Å². The van der Waals surface area contributed by atoms with Crippen molar-refractivity contribution in [3.8, 4) is 5.75 Å². The van der Waals surface area contributed by atoms with Crippen molar-refractivity contribution in [3.05, 3.63) is 59.7 Å². The van der Waals surface area contributed by atoms with Crippen LogP contribution in [0.3, 0.4) is 0 Å². The summed E-state index contributed by atoms with van der Waals surface area (Å²) in [6.45, 7) is 7.38. The first-order chi connectivity index (χ1) is 16.5. The first-order valence-electron chi connectivity index (χ1n) is 11.8. The van der Waals surface area contributed by atoms with Crippen molar-refractivity contribution in [1.29, 1.82) is 0 Å². The monoisotopic (exact) mass is 503 g/mol. The standard InChI is InChI=1S/C26H37N3O5S/c1-7-20(4)27-26(31)22(8-2)28(17-21-14-10-9-13-19(21)3)25(30)18-29(35(6,32)33)23-15-11-12-16-24(23)34-5/h9-16,20,22H,7-8,17-18H2,1-6H3,(H,27,31). The van der Waals surface area contributed by atoms with Gasteiger partial charge in [-0.15, -0.1) is 0 Å². The minimum absolute atomic E-state index is 0.0481. The zero-order chi connectivity index (χ0) is 26.2. The summed E-state index contributed by atoms with van der Waals surface area (Å²) < 4.78 is 31.9. The first-order valence-corrected chi connectivity index (χ1v) is 13.6. The predicted molar refractivity (Wildman–Crippen MR) is 139 cm³/mol. The maximum absolute atomic E-state index is 13.7. The van der Waals surface area contributed by atoms with E-state index >= 15 is 0 Å². The van der Waals surface area contributed by atoms with Crippen LogP contribution in [0.4, 0.5) is 5.69 Å². The van der Waals surface area contributed by atoms with Crippen molar-refractivity contribution < 1.29 is 22.7 Å². The van der Waals surface area contributed by atoms with Gasteiger partial charge in [-0.25, -0.2) is 8.42 Å². The second-order valence-electron chi connectivity index (χ2n) is 8.63. The van der Waals surface area contributed by atoms with Gasteiger partial charge in [0.05, 0.1) is 19.1 Å². The fourth-order valence-corrected chi connectivity index (χ4v) is 4.62. The topological polar surface area (TPSA) is 96.0 Å². The molecule has 2 amide bonds. The number of para-hydroxylation sites is 2. The zero-order valence-electron chi connectivity index (χ0n) is 21.4. The van der Waals surface area contributed by atoms with Gasteiger partial charge in [-0.1, -0.05) is 50.2 Å². The van der Waals surface area contributed by atoms with Crippen LogP contribution >= 0.6 is 0 Å². The van der Waals surface area contributed by atoms with Gasteiger partial charge in [-0.2, -0.15) is 0 Å². The van der Waals surface area contributed by atoms with Crippen LogP contribution in [0.2, 0.25) is 0 Å². The number of amides is 2. The fraction of sp³-hybridized carbons (Fsp3) is 0.462. The average Bonchev–Trinajstić information content (AvgIpc) is 2.82. The molecule has 0 aliphatic heterocycles. The molecule has 0 spiro atoms. The minimum Gasteiger partial charge on any atom is -0.495 e. The molecule has 35 heavy (non-hydrogen) atoms. The molecule has 192 valence electrons. The largest absolute Gasteiger partial charge is 0.495 e. The number of benzene rings is 2. The Kier molecular flexibility index (Phi) is 10.1. The minimum atomic E-state index is -3.83. The highest BCUT2D eigenvalue weighted by Crippen LogP contribution is 2.30. The van der Waals surface area contributed by atoms with Gasteiger partial charge in [0.1, 0.15) is 18.3 Å². The predicted octanol–water partition coefficient (Wildman–Crippen LogP) is 3.49. The average molecular weight is 504 g/mol. The second kappa shape index (κ2) is 12.6. The van der Waals surface area contributed by atoms with Crippen LogP contribution in [0.1, 0.15) is 44.7 Å². The molecule has 0 bridgehead atoms. The molecule has 0 aromatic heterocycles. The van der Waals surface area contributed by atoms with Crippen molar-refractivity contribution in [2.24, 2.45) is 0 Å². The Morgan fingerprint density at radius 1 is 1.03 bits per heavy atom. The molecule has 2 atom stereocenters. The molecule has 2 aromatic rings. The molecule has 1 N–H and O–H groups in total. The van der Waals surface area contributed by atoms with Crippen LogP contribution in [0.15, 0.2) is 48.5 Å². The molecule has 2 unspecified atom stereocenters. The number of hydrogen-bond acceptors (Lipinski definition) is 5. The molecule has 9 heteroatoms. The van der Waals surface area contributed by atoms with E-state index in [2.05, 4.69) is 5.32 Å². The molecular weight excluding hydrogens is 466 g/mol. The molecule has 0 heterocycles. The van der Waals surface area contributed by atoms with Gasteiger partial charge >= 0.3 is 0 Å². The van der Waals surface area contributed by atoms with Crippen molar-refractivity contribution >= 4 is 27.5 Å². The Morgan fingerprint density at radius 3 is 2.23 bits per heavy atom. The number of sulfonamides is 1. The summed E-state index contributed by atoms with van der Waals surface area (Å²) in [7, 11) is -2.39. The third-order valence-electron chi connectivity index (χ3n) is 6.02. The summed E-state index contributed by atoms with van der Waals surface area (Å²) in [5, 5.41) is 2.97. The number of ether oxygens (including phenoxy) is 1. The molecule has 2 aromatic carbocycles. The number of carbonyl (C=O) groups excluding carboxylic acids is 2. The number of aryl methyl sites for hydroxylation is 1. The van der Waals surface area contributed by atoms with Gasteiger partial charge in [0.15, 0.2) is 0 Å². The van der Waals surface area contributed by atoms with Crippen molar-refractivity contribution in [2.45, 2.75) is 59.2 Å². The summed E-state index contributed by atoms with van der Waals surface area (Å²) in [4.78, 5) is 28.4. The Balaban J connectivity index is 2.49. The Bertz CT molecular complexity index is 1120. The third-order valence-corrected chi connectivity index (χ3v) is 7.15. The lowest BCUT2D eigenvalue weighted by Gasteiger charge is -2.34. The highest BCUT2D eigenvalue weighted by molar-refractivity contribution is 7.92. The van der Waals surface area contributed by atoms with E-state index in [9.17, 15) is 18.0 Å². The van der Waals surface area contributed by atoms with Crippen LogP contribution in [0.5, 0.6) is 5.75 Å². The van der Waals surface area contributed by atoms with E-state index in [4.69, 9.17) is 4.74 Å². The lowest BCUT2D eigenvalue weighted by molar-refractivity contribution is -0.140. The molecule has 0 fully saturated rings. The van der Waals surface area contributed by atoms with E-state index < -0.39 is 28.5 Å². The quantitative estimate of drug-likeness (QED) is 0.478. The second-order valence-corrected chi connectivity index (χ2v) is 10.5. The number of carbonyl (C=O) groups is 2. The molecule has 2 rings (SSSR count). The molecule has 8 nitrogen and oxygen atoms in total. The molecule has 0 radical (unpaired) electrons. The Hall–Kier alpha value is -3.07. The van der Waals surface area contributed by atoms with E-state index in [1.807, 2.05) is 52.0 Å². The van der Waals surface area contributed by atoms with Crippen LogP contribution in [0, 0.1) is 6.92 Å². The number of methoxy groups -OCH3 is 1. The van der Waals surface area contributed by atoms with Crippen LogP contribution in [-0.2, 0) is 26.2 Å². The van der Waals surface area contributed by atoms with Gasteiger partial charge in [0, 0.05) is 12.6 Å². The van der Waals surface area contributed by atoms with Gasteiger partial charge < -0.3 is 15.0 Å². The summed E-state index contributed by atoms with van der Waals surface area (Å²) in [6, 6.07) is 13.5. The highest BCUT2D eigenvalue weighted by Gasteiger charge is 2.33. The van der Waals surface area contributed by atoms with E-state index in [0.29, 0.717) is 12.2 Å². The lowest BCUT2D eigenvalue weighted by atomic mass is 10.1. The Morgan fingerprint density at radius 2 is 1.66 bits per heavy atom. The van der Waals surface area contributed by atoms with Crippen molar-refractivity contribution in [3.63, 3.8) is 0 Å². The molecular formula is C26H37N3O5S. The van der Waals surface area contributed by atoms with E-state index in [0.717, 1.165) is 28.1 Å². The smallest absolute Gasteiger partial charge is 0.244 e. The van der Waals surface area contributed by atoms with E-state index in [1.54, 1.807) is 24.3 Å². The third kappa shape index (κ3) is 7.45. The zero-order valence-corrected chi connectivity index (χ0v) is 22.3. The molecule has 0 saturated carbocycles. The van der Waals surface area contributed by atoms with Gasteiger partial charge in [0.2, 0.25) is 21.8 Å². The first kappa shape index (κ1) is 28.2. The fourth-order valence-electron chi connectivity index (χ4n) is 3.76. The summed E-state index contributed by atoms with van der Waals surface area (Å²) in [5.41, 5.74) is 2.13.